The van der Waals surface area contributed by atoms with Crippen molar-refractivity contribution in [2.75, 3.05) is 45.7 Å². The number of carbonyl (C=O) groups excluding carboxylic acids is 2. The summed E-state index contributed by atoms with van der Waals surface area (Å²) in [5.74, 6) is -0.804. The number of hydrogen-bond donors (Lipinski definition) is 1. The number of halogens is 1. The molecule has 0 bridgehead atoms. The first-order valence-corrected chi connectivity index (χ1v) is 10.9. The van der Waals surface area contributed by atoms with Crippen LogP contribution >= 0.6 is 11.6 Å². The fourth-order valence-corrected chi connectivity index (χ4v) is 4.11. The molecule has 1 atom stereocenters. The largest absolute Gasteiger partial charge is 0.466 e. The summed E-state index contributed by atoms with van der Waals surface area (Å²) in [5.41, 5.74) is 0.230. The highest BCUT2D eigenvalue weighted by molar-refractivity contribution is 7.89. The number of hydrogen-bond acceptors (Lipinski definition) is 6. The number of amides is 1. The Morgan fingerprint density at radius 3 is 2.71 bits per heavy atom. The Morgan fingerprint density at radius 1 is 1.36 bits per heavy atom. The van der Waals surface area contributed by atoms with Crippen LogP contribution < -0.4 is 5.32 Å². The third-order valence-corrected chi connectivity index (χ3v) is 6.62. The Morgan fingerprint density at radius 2 is 2.07 bits per heavy atom. The molecule has 28 heavy (non-hydrogen) atoms. The lowest BCUT2D eigenvalue weighted by atomic mass is 9.98. The Labute approximate surface area is 170 Å². The number of anilines is 1. The van der Waals surface area contributed by atoms with Crippen molar-refractivity contribution in [1.29, 1.82) is 0 Å². The average Bonchev–Trinajstić information content (AvgIpc) is 2.63. The van der Waals surface area contributed by atoms with E-state index in [0.717, 1.165) is 17.1 Å². The van der Waals surface area contributed by atoms with Gasteiger partial charge in [0, 0.05) is 20.6 Å². The van der Waals surface area contributed by atoms with Crippen molar-refractivity contribution in [2.45, 2.75) is 24.7 Å². The zero-order valence-electron chi connectivity index (χ0n) is 16.3. The molecule has 1 aromatic carbocycles. The molecule has 1 aliphatic heterocycles. The van der Waals surface area contributed by atoms with Crippen LogP contribution in [-0.2, 0) is 24.3 Å². The van der Waals surface area contributed by atoms with E-state index in [4.69, 9.17) is 16.3 Å². The van der Waals surface area contributed by atoms with Gasteiger partial charge in [-0.1, -0.05) is 11.6 Å². The first-order valence-electron chi connectivity index (χ1n) is 9.06. The minimum atomic E-state index is -3.64. The quantitative estimate of drug-likeness (QED) is 0.661. The van der Waals surface area contributed by atoms with Crippen LogP contribution in [0.3, 0.4) is 0 Å². The van der Waals surface area contributed by atoms with Gasteiger partial charge in [-0.2, -0.15) is 0 Å². The fraction of sp³-hybridized carbons (Fsp3) is 0.556. The minimum absolute atomic E-state index is 0.0394. The number of piperidine rings is 1. The summed E-state index contributed by atoms with van der Waals surface area (Å²) in [5, 5.41) is 2.91. The summed E-state index contributed by atoms with van der Waals surface area (Å²) in [6, 6.07) is 4.17. The van der Waals surface area contributed by atoms with E-state index in [1.54, 1.807) is 6.92 Å². The van der Waals surface area contributed by atoms with Crippen LogP contribution in [-0.4, -0.2) is 69.8 Å². The number of nitrogens with one attached hydrogen (secondary N) is 1. The number of ether oxygens (including phenoxy) is 1. The minimum Gasteiger partial charge on any atom is -0.466 e. The molecule has 1 amide bonds. The zero-order chi connectivity index (χ0) is 20.9. The van der Waals surface area contributed by atoms with E-state index in [-0.39, 0.29) is 39.9 Å². The van der Waals surface area contributed by atoms with E-state index in [9.17, 15) is 18.0 Å². The third-order valence-electron chi connectivity index (χ3n) is 4.48. The molecular weight excluding hydrogens is 406 g/mol. The number of carbonyl (C=O) groups is 2. The average molecular weight is 432 g/mol. The first-order chi connectivity index (χ1) is 13.1. The van der Waals surface area contributed by atoms with E-state index in [2.05, 4.69) is 5.32 Å². The zero-order valence-corrected chi connectivity index (χ0v) is 17.8. The molecule has 2 rings (SSSR count). The van der Waals surface area contributed by atoms with Gasteiger partial charge in [0.15, 0.2) is 0 Å². The number of esters is 1. The van der Waals surface area contributed by atoms with Crippen molar-refractivity contribution in [3.63, 3.8) is 0 Å². The summed E-state index contributed by atoms with van der Waals surface area (Å²) in [7, 11) is -0.782. The van der Waals surface area contributed by atoms with Crippen LogP contribution in [0.2, 0.25) is 5.02 Å². The maximum atomic E-state index is 12.4. The molecule has 8 nitrogen and oxygen atoms in total. The lowest BCUT2D eigenvalue weighted by Crippen LogP contribution is -2.43. The predicted octanol–water partition coefficient (Wildman–Crippen LogP) is 1.80. The standard InChI is InChI=1S/C18H26ClN3O5S/c1-4-27-18(24)13-6-5-9-22(11-13)12-17(23)20-16-10-14(7-8-15(16)19)28(25,26)21(2)3/h7-8,10,13H,4-6,9,11-12H2,1-3H3,(H,20,23). The molecule has 0 radical (unpaired) electrons. The molecule has 0 aromatic heterocycles. The molecule has 0 spiro atoms. The van der Waals surface area contributed by atoms with Crippen molar-refractivity contribution in [2.24, 2.45) is 5.92 Å². The van der Waals surface area contributed by atoms with Gasteiger partial charge in [-0.05, 0) is 44.5 Å². The highest BCUT2D eigenvalue weighted by Crippen LogP contribution is 2.26. The summed E-state index contributed by atoms with van der Waals surface area (Å²) >= 11 is 6.11. The van der Waals surface area contributed by atoms with Gasteiger partial charge < -0.3 is 10.1 Å². The Bertz CT molecular complexity index is 829. The molecule has 0 saturated carbocycles. The fourth-order valence-electron chi connectivity index (χ4n) is 3.02. The Kier molecular flexibility index (Phi) is 7.82. The molecule has 1 fully saturated rings. The molecule has 1 N–H and O–H groups in total. The highest BCUT2D eigenvalue weighted by atomic mass is 35.5. The molecule has 1 aliphatic rings. The summed E-state index contributed by atoms with van der Waals surface area (Å²) < 4.78 is 30.7. The van der Waals surface area contributed by atoms with E-state index in [0.29, 0.717) is 19.7 Å². The SMILES string of the molecule is CCOC(=O)C1CCCN(CC(=O)Nc2cc(S(=O)(=O)N(C)C)ccc2Cl)C1. The van der Waals surface area contributed by atoms with Crippen LogP contribution in [0.5, 0.6) is 0 Å². The topological polar surface area (TPSA) is 96.0 Å². The molecular formula is C18H26ClN3O5S. The van der Waals surface area contributed by atoms with Crippen LogP contribution in [0.4, 0.5) is 5.69 Å². The molecule has 1 heterocycles. The first kappa shape index (κ1) is 22.6. The van der Waals surface area contributed by atoms with Gasteiger partial charge in [-0.3, -0.25) is 14.5 Å². The lowest BCUT2D eigenvalue weighted by Gasteiger charge is -2.30. The third kappa shape index (κ3) is 5.66. The van der Waals surface area contributed by atoms with Gasteiger partial charge in [0.2, 0.25) is 15.9 Å². The Hall–Kier alpha value is -1.68. The van der Waals surface area contributed by atoms with Gasteiger partial charge in [-0.25, -0.2) is 12.7 Å². The maximum Gasteiger partial charge on any atom is 0.310 e. The molecule has 156 valence electrons. The monoisotopic (exact) mass is 431 g/mol. The van der Waals surface area contributed by atoms with Crippen molar-refractivity contribution in [3.05, 3.63) is 23.2 Å². The number of nitrogens with zero attached hydrogens (tertiary/aromatic N) is 2. The molecule has 10 heteroatoms. The molecule has 1 aromatic rings. The summed E-state index contributed by atoms with van der Waals surface area (Å²) in [6.07, 6.45) is 1.54. The maximum absolute atomic E-state index is 12.4. The van der Waals surface area contributed by atoms with Crippen molar-refractivity contribution in [3.8, 4) is 0 Å². The van der Waals surface area contributed by atoms with Gasteiger partial charge in [0.05, 0.1) is 34.7 Å². The van der Waals surface area contributed by atoms with Crippen LogP contribution in [0.15, 0.2) is 23.1 Å². The van der Waals surface area contributed by atoms with E-state index < -0.39 is 10.0 Å². The van der Waals surface area contributed by atoms with E-state index in [1.807, 2.05) is 4.90 Å². The second kappa shape index (κ2) is 9.69. The number of rotatable bonds is 7. The van der Waals surface area contributed by atoms with Crippen LogP contribution in [0.25, 0.3) is 0 Å². The lowest BCUT2D eigenvalue weighted by molar-refractivity contribution is -0.150. The van der Waals surface area contributed by atoms with Crippen molar-refractivity contribution < 1.29 is 22.7 Å². The summed E-state index contributed by atoms with van der Waals surface area (Å²) in [6.45, 7) is 3.33. The summed E-state index contributed by atoms with van der Waals surface area (Å²) in [4.78, 5) is 26.3. The van der Waals surface area contributed by atoms with Crippen molar-refractivity contribution >= 4 is 39.2 Å². The second-order valence-corrected chi connectivity index (χ2v) is 9.36. The normalized spacial score (nSPS) is 18.1. The Balaban J connectivity index is 2.04. The number of benzene rings is 1. The highest BCUT2D eigenvalue weighted by Gasteiger charge is 2.28. The number of sulfonamides is 1. The molecule has 1 saturated heterocycles. The second-order valence-electron chi connectivity index (χ2n) is 6.80. The van der Waals surface area contributed by atoms with E-state index in [1.165, 1.54) is 32.3 Å². The smallest absolute Gasteiger partial charge is 0.310 e. The van der Waals surface area contributed by atoms with Gasteiger partial charge >= 0.3 is 5.97 Å². The van der Waals surface area contributed by atoms with Gasteiger partial charge in [-0.15, -0.1) is 0 Å². The predicted molar refractivity (Wildman–Crippen MR) is 107 cm³/mol. The van der Waals surface area contributed by atoms with Gasteiger partial charge in [0.1, 0.15) is 0 Å². The van der Waals surface area contributed by atoms with Crippen LogP contribution in [0, 0.1) is 5.92 Å². The number of likely N-dealkylation sites (tertiary alicyclic amines) is 1. The van der Waals surface area contributed by atoms with Crippen molar-refractivity contribution in [1.82, 2.24) is 9.21 Å². The van der Waals surface area contributed by atoms with Crippen LogP contribution in [0.1, 0.15) is 19.8 Å². The molecule has 1 unspecified atom stereocenters. The van der Waals surface area contributed by atoms with E-state index >= 15 is 0 Å². The van der Waals surface area contributed by atoms with Gasteiger partial charge in [0.25, 0.3) is 0 Å². The molecule has 0 aliphatic carbocycles.